The van der Waals surface area contributed by atoms with Gasteiger partial charge in [-0.25, -0.2) is 0 Å². The zero-order valence-corrected chi connectivity index (χ0v) is 11.7. The van der Waals surface area contributed by atoms with Gasteiger partial charge in [0.05, 0.1) is 6.10 Å². The van der Waals surface area contributed by atoms with Gasteiger partial charge in [-0.1, -0.05) is 11.8 Å². The molecule has 2 N–H and O–H groups in total. The zero-order valence-electron chi connectivity index (χ0n) is 9.34. The minimum Gasteiger partial charge on any atom is -0.390 e. The Bertz CT molecular complexity index is 389. The van der Waals surface area contributed by atoms with Crippen LogP contribution in [-0.2, 0) is 4.79 Å². The Kier molecular flexibility index (Phi) is 6.11. The van der Waals surface area contributed by atoms with Crippen LogP contribution in [0.3, 0.4) is 0 Å². The van der Waals surface area contributed by atoms with Gasteiger partial charge in [-0.3, -0.25) is 9.78 Å². The molecular weight excluding hydrogens is 306 g/mol. The quantitative estimate of drug-likeness (QED) is 0.867. The van der Waals surface area contributed by atoms with E-state index in [1.54, 1.807) is 12.3 Å². The number of thioether (sulfide) groups is 1. The number of halogens is 1. The van der Waals surface area contributed by atoms with Crippen LogP contribution in [0.15, 0.2) is 22.9 Å². The molecule has 0 bridgehead atoms. The maximum Gasteiger partial charge on any atom is 0.185 e. The van der Waals surface area contributed by atoms with Gasteiger partial charge in [0.15, 0.2) is 5.12 Å². The average molecular weight is 320 g/mol. The van der Waals surface area contributed by atoms with Crippen LogP contribution in [0.1, 0.15) is 25.0 Å². The fourth-order valence-corrected chi connectivity index (χ4v) is 2.32. The van der Waals surface area contributed by atoms with Gasteiger partial charge in [-0.15, -0.1) is 0 Å². The molecule has 4 nitrogen and oxygen atoms in total. The number of hydrogen-bond donors (Lipinski definition) is 2. The molecular formula is C11H14BrNO3S. The highest BCUT2D eigenvalue weighted by atomic mass is 79.9. The van der Waals surface area contributed by atoms with Crippen molar-refractivity contribution in [3.05, 3.63) is 28.5 Å². The fraction of sp³-hybridized carbons (Fsp3) is 0.455. The van der Waals surface area contributed by atoms with Crippen molar-refractivity contribution in [2.45, 2.75) is 25.6 Å². The van der Waals surface area contributed by atoms with E-state index >= 15 is 0 Å². The number of hydrogen-bond acceptors (Lipinski definition) is 5. The van der Waals surface area contributed by atoms with Gasteiger partial charge in [0.1, 0.15) is 6.10 Å². The minimum atomic E-state index is -0.979. The Balaban J connectivity index is 2.51. The van der Waals surface area contributed by atoms with Crippen molar-refractivity contribution in [1.82, 2.24) is 4.98 Å². The minimum absolute atomic E-state index is 0.0100. The SMILES string of the molecule is CC(=O)SCCC(O)C(O)c1cncc(Br)c1. The summed E-state index contributed by atoms with van der Waals surface area (Å²) in [5.74, 6) is 0.495. The van der Waals surface area contributed by atoms with Crippen molar-refractivity contribution in [2.24, 2.45) is 0 Å². The van der Waals surface area contributed by atoms with E-state index in [1.807, 2.05) is 0 Å². The molecule has 1 rings (SSSR count). The Hall–Kier alpha value is -0.430. The molecule has 1 aromatic rings. The van der Waals surface area contributed by atoms with Crippen LogP contribution < -0.4 is 0 Å². The number of carbonyl (C=O) groups excluding carboxylic acids is 1. The molecule has 0 aliphatic carbocycles. The van der Waals surface area contributed by atoms with E-state index in [0.717, 1.165) is 16.2 Å². The van der Waals surface area contributed by atoms with E-state index in [9.17, 15) is 15.0 Å². The second kappa shape index (κ2) is 7.10. The van der Waals surface area contributed by atoms with Gasteiger partial charge in [0.2, 0.25) is 0 Å². The molecule has 6 heteroatoms. The third-order valence-corrected chi connectivity index (χ3v) is 3.43. The van der Waals surface area contributed by atoms with Crippen LogP contribution in [-0.4, -0.2) is 32.2 Å². The lowest BCUT2D eigenvalue weighted by molar-refractivity contribution is -0.109. The van der Waals surface area contributed by atoms with Gasteiger partial charge < -0.3 is 10.2 Å². The summed E-state index contributed by atoms with van der Waals surface area (Å²) in [4.78, 5) is 14.6. The predicted octanol–water partition coefficient (Wildman–Crippen LogP) is 1.91. The van der Waals surface area contributed by atoms with E-state index in [1.165, 1.54) is 13.1 Å². The highest BCUT2D eigenvalue weighted by Gasteiger charge is 2.18. The second-order valence-corrected chi connectivity index (χ2v) is 5.76. The maximum absolute atomic E-state index is 10.7. The zero-order chi connectivity index (χ0) is 12.8. The molecule has 1 aromatic heterocycles. The first kappa shape index (κ1) is 14.6. The first-order valence-corrected chi connectivity index (χ1v) is 6.88. The normalized spacial score (nSPS) is 14.4. The monoisotopic (exact) mass is 319 g/mol. The first-order chi connectivity index (χ1) is 8.00. The smallest absolute Gasteiger partial charge is 0.185 e. The first-order valence-electron chi connectivity index (χ1n) is 5.10. The third-order valence-electron chi connectivity index (χ3n) is 2.15. The lowest BCUT2D eigenvalue weighted by atomic mass is 10.1. The van der Waals surface area contributed by atoms with Gasteiger partial charge in [0.25, 0.3) is 0 Å². The maximum atomic E-state index is 10.7. The van der Waals surface area contributed by atoms with Gasteiger partial charge in [-0.2, -0.15) is 0 Å². The number of pyridine rings is 1. The van der Waals surface area contributed by atoms with E-state index in [0.29, 0.717) is 17.7 Å². The van der Waals surface area contributed by atoms with Crippen molar-refractivity contribution in [3.8, 4) is 0 Å². The van der Waals surface area contributed by atoms with Crippen molar-refractivity contribution >= 4 is 32.8 Å². The van der Waals surface area contributed by atoms with E-state index in [-0.39, 0.29) is 5.12 Å². The van der Waals surface area contributed by atoms with E-state index in [2.05, 4.69) is 20.9 Å². The lowest BCUT2D eigenvalue weighted by Crippen LogP contribution is -2.19. The topological polar surface area (TPSA) is 70.4 Å². The van der Waals surface area contributed by atoms with Crippen molar-refractivity contribution < 1.29 is 15.0 Å². The Morgan fingerprint density at radius 1 is 1.53 bits per heavy atom. The molecule has 1 heterocycles. The van der Waals surface area contributed by atoms with Gasteiger partial charge >= 0.3 is 0 Å². The molecule has 2 atom stereocenters. The molecule has 0 aliphatic heterocycles. The number of aliphatic hydroxyl groups is 2. The standard InChI is InChI=1S/C11H14BrNO3S/c1-7(14)17-3-2-10(15)11(16)8-4-9(12)6-13-5-8/h4-6,10-11,15-16H,2-3H2,1H3. The molecule has 0 saturated carbocycles. The number of aromatic nitrogens is 1. The molecule has 0 aliphatic rings. The Labute approximate surface area is 113 Å². The number of aliphatic hydroxyl groups excluding tert-OH is 2. The highest BCUT2D eigenvalue weighted by molar-refractivity contribution is 9.10. The van der Waals surface area contributed by atoms with Crippen LogP contribution >= 0.6 is 27.7 Å². The number of rotatable bonds is 5. The largest absolute Gasteiger partial charge is 0.390 e. The molecule has 94 valence electrons. The number of nitrogens with zero attached hydrogens (tertiary/aromatic N) is 1. The predicted molar refractivity (Wildman–Crippen MR) is 70.7 cm³/mol. The summed E-state index contributed by atoms with van der Waals surface area (Å²) in [7, 11) is 0. The van der Waals surface area contributed by atoms with Crippen LogP contribution in [0.4, 0.5) is 0 Å². The van der Waals surface area contributed by atoms with Crippen molar-refractivity contribution in [1.29, 1.82) is 0 Å². The number of carbonyl (C=O) groups is 1. The van der Waals surface area contributed by atoms with Crippen LogP contribution in [0, 0.1) is 0 Å². The molecule has 0 saturated heterocycles. The highest BCUT2D eigenvalue weighted by Crippen LogP contribution is 2.22. The van der Waals surface area contributed by atoms with Crippen molar-refractivity contribution in [3.63, 3.8) is 0 Å². The molecule has 17 heavy (non-hydrogen) atoms. The molecule has 0 radical (unpaired) electrons. The van der Waals surface area contributed by atoms with Crippen LogP contribution in [0.2, 0.25) is 0 Å². The third kappa shape index (κ3) is 5.16. The second-order valence-electron chi connectivity index (χ2n) is 3.58. The average Bonchev–Trinajstić information content (AvgIpc) is 2.27. The summed E-state index contributed by atoms with van der Waals surface area (Å²) in [5.41, 5.74) is 0.555. The lowest BCUT2D eigenvalue weighted by Gasteiger charge is -2.17. The van der Waals surface area contributed by atoms with Gasteiger partial charge in [-0.05, 0) is 28.4 Å². The molecule has 0 aromatic carbocycles. The van der Waals surface area contributed by atoms with E-state index in [4.69, 9.17) is 0 Å². The van der Waals surface area contributed by atoms with Crippen LogP contribution in [0.25, 0.3) is 0 Å². The summed E-state index contributed by atoms with van der Waals surface area (Å²) in [6.45, 7) is 1.48. The summed E-state index contributed by atoms with van der Waals surface area (Å²) in [6.07, 6.45) is 1.61. The Morgan fingerprint density at radius 2 is 2.24 bits per heavy atom. The summed E-state index contributed by atoms with van der Waals surface area (Å²) in [6, 6.07) is 1.71. The molecule has 0 spiro atoms. The fourth-order valence-electron chi connectivity index (χ4n) is 1.29. The summed E-state index contributed by atoms with van der Waals surface area (Å²) >= 11 is 4.39. The van der Waals surface area contributed by atoms with Crippen LogP contribution in [0.5, 0.6) is 0 Å². The molecule has 2 unspecified atom stereocenters. The molecule has 0 fully saturated rings. The summed E-state index contributed by atoms with van der Waals surface area (Å²) in [5, 5.41) is 19.6. The van der Waals surface area contributed by atoms with Gasteiger partial charge in [0, 0.05) is 35.1 Å². The van der Waals surface area contributed by atoms with Crippen molar-refractivity contribution in [2.75, 3.05) is 5.75 Å². The summed E-state index contributed by atoms with van der Waals surface area (Å²) < 4.78 is 0.749. The van der Waals surface area contributed by atoms with E-state index < -0.39 is 12.2 Å². The Morgan fingerprint density at radius 3 is 2.82 bits per heavy atom. The molecule has 0 amide bonds.